The number of hydrogen-bond donors (Lipinski definition) is 0. The molecule has 4 saturated carbocycles. The Morgan fingerprint density at radius 1 is 1.05 bits per heavy atom. The van der Waals surface area contributed by atoms with Crippen LogP contribution < -0.4 is 0 Å². The van der Waals surface area contributed by atoms with Crippen molar-refractivity contribution in [3.8, 4) is 0 Å². The lowest BCUT2D eigenvalue weighted by Gasteiger charge is -2.64. The first-order chi connectivity index (χ1) is 18.2. The second-order valence-electron chi connectivity index (χ2n) is 15.8. The average Bonchev–Trinajstić information content (AvgIpc) is 3.25. The van der Waals surface area contributed by atoms with Crippen LogP contribution in [0.5, 0.6) is 0 Å². The lowest BCUT2D eigenvalue weighted by atomic mass is 9.42. The highest BCUT2D eigenvalue weighted by molar-refractivity contribution is 6.74. The number of esters is 1. The van der Waals surface area contributed by atoms with E-state index in [2.05, 4.69) is 59.9 Å². The van der Waals surface area contributed by atoms with Gasteiger partial charge < -0.3 is 9.16 Å². The molecule has 0 radical (unpaired) electrons. The van der Waals surface area contributed by atoms with Gasteiger partial charge in [-0.3, -0.25) is 9.59 Å². The van der Waals surface area contributed by atoms with Gasteiger partial charge >= 0.3 is 5.97 Å². The summed E-state index contributed by atoms with van der Waals surface area (Å²) >= 11 is 0. The van der Waals surface area contributed by atoms with E-state index in [1.54, 1.807) is 0 Å². The lowest BCUT2D eigenvalue weighted by molar-refractivity contribution is -0.178. The molecule has 0 aromatic rings. The maximum atomic E-state index is 13.2. The van der Waals surface area contributed by atoms with Gasteiger partial charge in [-0.15, -0.1) is 0 Å². The van der Waals surface area contributed by atoms with Crippen molar-refractivity contribution in [2.75, 3.05) is 7.11 Å². The van der Waals surface area contributed by atoms with E-state index in [9.17, 15) is 9.59 Å². The molecule has 4 aliphatic carbocycles. The van der Waals surface area contributed by atoms with Gasteiger partial charge in [-0.1, -0.05) is 53.2 Å². The second-order valence-corrected chi connectivity index (χ2v) is 20.5. The van der Waals surface area contributed by atoms with Crippen LogP contribution in [0.2, 0.25) is 18.1 Å². The number of rotatable bonds is 9. The van der Waals surface area contributed by atoms with E-state index >= 15 is 0 Å². The van der Waals surface area contributed by atoms with Crippen molar-refractivity contribution in [3.05, 3.63) is 12.2 Å². The van der Waals surface area contributed by atoms with Gasteiger partial charge in [-0.25, -0.2) is 0 Å². The minimum Gasteiger partial charge on any atom is -0.469 e. The summed E-state index contributed by atoms with van der Waals surface area (Å²) in [6.45, 7) is 16.9. The molecular weight excluding hydrogens is 500 g/mol. The number of allylic oxidation sites excluding steroid dienone is 2. The number of methoxy groups -OCH3 is 1. The number of Topliss-reactive ketones (excluding diaryl/α,β-unsaturated/α-hetero) is 1. The molecule has 0 aromatic heterocycles. The van der Waals surface area contributed by atoms with Crippen LogP contribution in [-0.2, 0) is 18.8 Å². The van der Waals surface area contributed by atoms with Gasteiger partial charge in [0.15, 0.2) is 8.32 Å². The largest absolute Gasteiger partial charge is 0.469 e. The molecule has 1 unspecified atom stereocenters. The molecule has 0 N–H and O–H groups in total. The summed E-state index contributed by atoms with van der Waals surface area (Å²) in [7, 11) is -0.534. The molecule has 0 aliphatic heterocycles. The Bertz CT molecular complexity index is 919. The van der Waals surface area contributed by atoms with Gasteiger partial charge in [0, 0.05) is 19.3 Å². The molecule has 0 aromatic carbocycles. The van der Waals surface area contributed by atoms with E-state index in [-0.39, 0.29) is 22.5 Å². The van der Waals surface area contributed by atoms with Gasteiger partial charge in [0.2, 0.25) is 0 Å². The summed E-state index contributed by atoms with van der Waals surface area (Å²) in [4.78, 5) is 24.6. The Kier molecular flexibility index (Phi) is 9.33. The van der Waals surface area contributed by atoms with Crippen molar-refractivity contribution in [2.24, 2.45) is 40.4 Å². The van der Waals surface area contributed by atoms with Crippen LogP contribution >= 0.6 is 0 Å². The first kappa shape index (κ1) is 31.0. The van der Waals surface area contributed by atoms with Crippen LogP contribution in [0.25, 0.3) is 0 Å². The monoisotopic (exact) mass is 558 g/mol. The minimum atomic E-state index is -2.00. The van der Waals surface area contributed by atoms with Crippen molar-refractivity contribution in [1.29, 1.82) is 0 Å². The molecule has 0 spiro atoms. The quantitative estimate of drug-likeness (QED) is 0.123. The molecule has 39 heavy (non-hydrogen) atoms. The van der Waals surface area contributed by atoms with Crippen molar-refractivity contribution in [3.63, 3.8) is 0 Å². The Labute approximate surface area is 240 Å². The molecule has 4 aliphatic rings. The first-order valence-corrected chi connectivity index (χ1v) is 19.0. The van der Waals surface area contributed by atoms with Crippen LogP contribution in [0, 0.1) is 40.4 Å². The fourth-order valence-corrected chi connectivity index (χ4v) is 10.6. The van der Waals surface area contributed by atoms with Gasteiger partial charge in [0.1, 0.15) is 5.78 Å². The molecule has 0 saturated heterocycles. The molecule has 222 valence electrons. The maximum Gasteiger partial charge on any atom is 0.305 e. The van der Waals surface area contributed by atoms with E-state index < -0.39 is 8.32 Å². The molecule has 4 fully saturated rings. The van der Waals surface area contributed by atoms with Crippen molar-refractivity contribution < 1.29 is 18.8 Å². The second kappa shape index (κ2) is 11.7. The third kappa shape index (κ3) is 6.15. The summed E-state index contributed by atoms with van der Waals surface area (Å²) in [6, 6.07) is 0. The standard InChI is InChI=1S/C34H58O4Si/c1-32(2,3)39(7,8)38-29-23-26(35)22-25-21-24(15-12-10-9-11-13-17-30(36)37-6)31-27-16-14-19-33(27,4)20-18-28(31)34(25,29)5/h10,12,24-25,27-29,31H,9,11,13-23H2,1-8H3/b12-10+/t24-,25+,27+,28+,29?,31+,33+,34+/m1/s1. The van der Waals surface area contributed by atoms with Gasteiger partial charge in [-0.05, 0) is 116 Å². The van der Waals surface area contributed by atoms with Crippen molar-refractivity contribution >= 4 is 20.1 Å². The third-order valence-corrected chi connectivity index (χ3v) is 17.1. The smallest absolute Gasteiger partial charge is 0.305 e. The summed E-state index contributed by atoms with van der Waals surface area (Å²) in [5.41, 5.74) is 0.604. The summed E-state index contributed by atoms with van der Waals surface area (Å²) in [5.74, 6) is 3.66. The number of carbonyl (C=O) groups is 2. The Hall–Kier alpha value is -0.943. The van der Waals surface area contributed by atoms with E-state index in [4.69, 9.17) is 9.16 Å². The average molecular weight is 559 g/mol. The normalized spacial score (nSPS) is 38.8. The molecule has 4 nitrogen and oxygen atoms in total. The SMILES string of the molecule is COC(=O)CCCC/C=C/C[C@@H]1C[C@H]2CC(=O)CC(O[Si](C)(C)C(C)(C)C)[C@]2(C)[C@H]2CC[C@]3(C)CCC[C@H]3[C@H]12. The molecule has 4 rings (SSSR count). The Morgan fingerprint density at radius 3 is 2.49 bits per heavy atom. The fourth-order valence-electron chi connectivity index (χ4n) is 9.21. The number of fused-ring (bicyclic) bond motifs is 5. The van der Waals surface area contributed by atoms with Crippen LogP contribution in [0.1, 0.15) is 118 Å². The van der Waals surface area contributed by atoms with Gasteiger partial charge in [-0.2, -0.15) is 0 Å². The first-order valence-electron chi connectivity index (χ1n) is 16.1. The Balaban J connectivity index is 1.56. The lowest BCUT2D eigenvalue weighted by Crippen LogP contribution is -2.63. The van der Waals surface area contributed by atoms with Crippen LogP contribution in [0.4, 0.5) is 0 Å². The van der Waals surface area contributed by atoms with E-state index in [0.717, 1.165) is 43.9 Å². The van der Waals surface area contributed by atoms with Crippen LogP contribution in [0.15, 0.2) is 12.2 Å². The summed E-state index contributed by atoms with van der Waals surface area (Å²) in [5, 5.41) is 0.147. The van der Waals surface area contributed by atoms with Gasteiger partial charge in [0.05, 0.1) is 13.2 Å². The number of carbonyl (C=O) groups excluding carboxylic acids is 2. The Morgan fingerprint density at radius 2 is 1.79 bits per heavy atom. The van der Waals surface area contributed by atoms with Crippen LogP contribution in [0.3, 0.4) is 0 Å². The molecule has 5 heteroatoms. The fraction of sp³-hybridized carbons (Fsp3) is 0.882. The topological polar surface area (TPSA) is 52.6 Å². The highest BCUT2D eigenvalue weighted by Crippen LogP contribution is 2.68. The highest BCUT2D eigenvalue weighted by atomic mass is 28.4. The van der Waals surface area contributed by atoms with E-state index in [1.807, 2.05) is 0 Å². The van der Waals surface area contributed by atoms with E-state index in [1.165, 1.54) is 45.6 Å². The minimum absolute atomic E-state index is 0.0780. The summed E-state index contributed by atoms with van der Waals surface area (Å²) in [6.07, 6.45) is 18.9. The van der Waals surface area contributed by atoms with Crippen molar-refractivity contribution in [2.45, 2.75) is 142 Å². The van der Waals surface area contributed by atoms with E-state index in [0.29, 0.717) is 41.8 Å². The van der Waals surface area contributed by atoms with Crippen molar-refractivity contribution in [1.82, 2.24) is 0 Å². The zero-order chi connectivity index (χ0) is 28.6. The molecule has 0 amide bonds. The molecule has 0 heterocycles. The molecule has 8 atom stereocenters. The number of ether oxygens (including phenoxy) is 1. The zero-order valence-electron chi connectivity index (χ0n) is 26.4. The number of unbranched alkanes of at least 4 members (excludes halogenated alkanes) is 2. The maximum absolute atomic E-state index is 13.2. The number of hydrogen-bond acceptors (Lipinski definition) is 4. The molecular formula is C34H58O4Si. The predicted molar refractivity (Wildman–Crippen MR) is 162 cm³/mol. The van der Waals surface area contributed by atoms with Crippen LogP contribution in [-0.4, -0.2) is 33.3 Å². The summed E-state index contributed by atoms with van der Waals surface area (Å²) < 4.78 is 12.0. The third-order valence-electron chi connectivity index (χ3n) is 12.6. The van der Waals surface area contributed by atoms with Gasteiger partial charge in [0.25, 0.3) is 0 Å². The highest BCUT2D eigenvalue weighted by Gasteiger charge is 2.64. The zero-order valence-corrected chi connectivity index (χ0v) is 27.4. The predicted octanol–water partition coefficient (Wildman–Crippen LogP) is 8.89. The molecule has 0 bridgehead atoms. The number of ketones is 1.